The highest BCUT2D eigenvalue weighted by molar-refractivity contribution is 7.62. The van der Waals surface area contributed by atoms with Gasteiger partial charge in [0, 0.05) is 22.6 Å². The molecule has 2 saturated carbocycles. The highest BCUT2D eigenvalue weighted by atomic mass is 35.5. The maximum absolute atomic E-state index is 14.7. The van der Waals surface area contributed by atoms with Crippen molar-refractivity contribution in [1.29, 1.82) is 0 Å². The Bertz CT molecular complexity index is 1780. The van der Waals surface area contributed by atoms with E-state index in [-0.39, 0.29) is 23.8 Å². The van der Waals surface area contributed by atoms with E-state index in [1.165, 1.54) is 6.07 Å². The van der Waals surface area contributed by atoms with Crippen LogP contribution in [0.15, 0.2) is 39.2 Å². The van der Waals surface area contributed by atoms with E-state index >= 15 is 0 Å². The molecule has 2 aromatic carbocycles. The number of aliphatic hydroxyl groups is 1. The first-order valence-electron chi connectivity index (χ1n) is 12.9. The molecule has 0 radical (unpaired) electrons. The molecular formula is C27H22Cl2FN3O6S2. The minimum Gasteiger partial charge on any atom is -0.383 e. The van der Waals surface area contributed by atoms with E-state index in [4.69, 9.17) is 32.5 Å². The molecule has 2 aliphatic carbocycles. The smallest absolute Gasteiger partial charge is 0.319 e. The number of benzene rings is 2. The van der Waals surface area contributed by atoms with Gasteiger partial charge >= 0.3 is 10.5 Å². The zero-order valence-corrected chi connectivity index (χ0v) is 24.4. The van der Waals surface area contributed by atoms with Gasteiger partial charge in [0.2, 0.25) is 0 Å². The fourth-order valence-electron chi connectivity index (χ4n) is 5.13. The number of aromatic nitrogens is 2. The van der Waals surface area contributed by atoms with Crippen molar-refractivity contribution >= 4 is 61.2 Å². The molecule has 2 fully saturated rings. The molecule has 9 nitrogen and oxygen atoms in total. The lowest BCUT2D eigenvalue weighted by atomic mass is 9.83. The van der Waals surface area contributed by atoms with Crippen LogP contribution in [0.5, 0.6) is 0 Å². The third-order valence-corrected chi connectivity index (χ3v) is 9.58. The monoisotopic (exact) mass is 637 g/mol. The van der Waals surface area contributed by atoms with Crippen molar-refractivity contribution in [3.63, 3.8) is 0 Å². The first-order chi connectivity index (χ1) is 19.6. The molecule has 214 valence electrons. The second-order valence-electron chi connectivity index (χ2n) is 10.2. The zero-order valence-electron chi connectivity index (χ0n) is 21.3. The van der Waals surface area contributed by atoms with Crippen LogP contribution >= 0.6 is 34.5 Å². The number of halogens is 3. The zero-order chi connectivity index (χ0) is 28.9. The molecular weight excluding hydrogens is 616 g/mol. The standard InChI is InChI=1S/C27H22Cl2FN3O6S2/c28-17-2-1-3-18(29)21(17)22-16(24(39-32-22)13-4-5-13)12-38-15-6-8-27(35,9-7-15)26-31-23-19(30)10-14(11-20(23)40-26)25(34)33-41(36)37/h1-3,10-11,13,15,35H,4-9,12H2. The summed E-state index contributed by atoms with van der Waals surface area (Å²) in [6, 6.07) is 7.48. The third-order valence-electron chi connectivity index (χ3n) is 7.44. The van der Waals surface area contributed by atoms with E-state index < -0.39 is 27.8 Å². The Balaban J connectivity index is 1.17. The summed E-state index contributed by atoms with van der Waals surface area (Å²) in [6.07, 6.45) is 3.59. The van der Waals surface area contributed by atoms with Crippen LogP contribution < -0.4 is 0 Å². The van der Waals surface area contributed by atoms with Gasteiger partial charge in [0.15, 0.2) is 5.82 Å². The fraction of sp³-hybridized carbons (Fsp3) is 0.370. The maximum atomic E-state index is 14.7. The van der Waals surface area contributed by atoms with Crippen LogP contribution in [0.4, 0.5) is 4.39 Å². The molecule has 0 bridgehead atoms. The molecule has 0 saturated heterocycles. The Morgan fingerprint density at radius 1 is 1.20 bits per heavy atom. The highest BCUT2D eigenvalue weighted by Gasteiger charge is 2.39. The summed E-state index contributed by atoms with van der Waals surface area (Å²) in [4.78, 5) is 16.3. The summed E-state index contributed by atoms with van der Waals surface area (Å²) in [5.41, 5.74) is 0.484. The van der Waals surface area contributed by atoms with Crippen LogP contribution in [0.25, 0.3) is 21.5 Å². The van der Waals surface area contributed by atoms with Crippen LogP contribution in [0.2, 0.25) is 10.0 Å². The normalized spacial score (nSPS) is 20.8. The number of hydrogen-bond donors (Lipinski definition) is 1. The van der Waals surface area contributed by atoms with Crippen molar-refractivity contribution in [1.82, 2.24) is 10.1 Å². The highest BCUT2D eigenvalue weighted by Crippen LogP contribution is 2.47. The summed E-state index contributed by atoms with van der Waals surface area (Å²) >= 11 is 14.0. The van der Waals surface area contributed by atoms with Crippen molar-refractivity contribution in [2.75, 3.05) is 0 Å². The number of ether oxygens (including phenoxy) is 1. The van der Waals surface area contributed by atoms with Gasteiger partial charge < -0.3 is 14.4 Å². The van der Waals surface area contributed by atoms with E-state index in [1.54, 1.807) is 18.2 Å². The quantitative estimate of drug-likeness (QED) is 0.233. The van der Waals surface area contributed by atoms with Crippen LogP contribution in [0.1, 0.15) is 71.1 Å². The van der Waals surface area contributed by atoms with Gasteiger partial charge in [-0.1, -0.05) is 38.8 Å². The minimum atomic E-state index is -2.95. The number of fused-ring (bicyclic) bond motifs is 1. The van der Waals surface area contributed by atoms with Crippen molar-refractivity contribution in [3.05, 3.63) is 68.1 Å². The molecule has 1 amide bonds. The van der Waals surface area contributed by atoms with E-state index in [0.717, 1.165) is 41.6 Å². The lowest BCUT2D eigenvalue weighted by Crippen LogP contribution is -2.34. The molecule has 0 spiro atoms. The molecule has 6 rings (SSSR count). The number of rotatable bonds is 7. The Morgan fingerprint density at radius 2 is 1.90 bits per heavy atom. The predicted octanol–water partition coefficient (Wildman–Crippen LogP) is 6.82. The van der Waals surface area contributed by atoms with Crippen LogP contribution in [-0.2, 0) is 27.4 Å². The van der Waals surface area contributed by atoms with Gasteiger partial charge in [0.05, 0.1) is 27.5 Å². The SMILES string of the molecule is O=C(N=S(=O)=O)c1cc(F)c2nc(C3(O)CCC(OCc4c(-c5c(Cl)cccc5Cl)noc4C4CC4)CC3)sc2c1. The molecule has 41 heavy (non-hydrogen) atoms. The summed E-state index contributed by atoms with van der Waals surface area (Å²) in [5, 5.41) is 17.0. The lowest BCUT2D eigenvalue weighted by molar-refractivity contribution is -0.0641. The van der Waals surface area contributed by atoms with Gasteiger partial charge in [-0.2, -0.15) is 8.42 Å². The minimum absolute atomic E-state index is 0.00224. The van der Waals surface area contributed by atoms with E-state index in [2.05, 4.69) is 14.5 Å². The van der Waals surface area contributed by atoms with Crippen molar-refractivity contribution in [2.24, 2.45) is 4.36 Å². The third kappa shape index (κ3) is 5.69. The Labute approximate surface area is 248 Å². The van der Waals surface area contributed by atoms with Crippen molar-refractivity contribution in [2.45, 2.75) is 62.8 Å². The Morgan fingerprint density at radius 3 is 2.56 bits per heavy atom. The lowest BCUT2D eigenvalue weighted by Gasteiger charge is -2.34. The second-order valence-corrected chi connectivity index (χ2v) is 12.7. The summed E-state index contributed by atoms with van der Waals surface area (Å²) in [6.45, 7) is 0.248. The molecule has 0 atom stereocenters. The average molecular weight is 639 g/mol. The maximum Gasteiger partial charge on any atom is 0.319 e. The van der Waals surface area contributed by atoms with E-state index in [9.17, 15) is 22.7 Å². The molecule has 0 aliphatic heterocycles. The number of nitrogens with zero attached hydrogens (tertiary/aromatic N) is 3. The molecule has 14 heteroatoms. The van der Waals surface area contributed by atoms with Crippen molar-refractivity contribution in [3.8, 4) is 11.3 Å². The predicted molar refractivity (Wildman–Crippen MR) is 150 cm³/mol. The van der Waals surface area contributed by atoms with E-state index in [0.29, 0.717) is 62.6 Å². The average Bonchev–Trinajstić information content (AvgIpc) is 3.53. The number of hydrogen-bond acceptors (Lipinski definition) is 9. The molecule has 2 heterocycles. The Hall–Kier alpha value is -2.74. The number of thiazole rings is 1. The van der Waals surface area contributed by atoms with Crippen LogP contribution in [0, 0.1) is 5.82 Å². The number of carbonyl (C=O) groups excluding carboxylic acids is 1. The van der Waals surface area contributed by atoms with Crippen molar-refractivity contribution < 1.29 is 32.0 Å². The van der Waals surface area contributed by atoms with Gasteiger partial charge in [0.1, 0.15) is 27.6 Å². The largest absolute Gasteiger partial charge is 0.383 e. The second kappa shape index (κ2) is 11.2. The summed E-state index contributed by atoms with van der Waals surface area (Å²) in [5.74, 6) is -0.801. The molecule has 4 aromatic rings. The van der Waals surface area contributed by atoms with Gasteiger partial charge in [-0.15, -0.1) is 11.3 Å². The molecule has 2 aromatic heterocycles. The summed E-state index contributed by atoms with van der Waals surface area (Å²) in [7, 11) is -2.95. The number of carbonyl (C=O) groups is 1. The van der Waals surface area contributed by atoms with Gasteiger partial charge in [-0.25, -0.2) is 9.37 Å². The van der Waals surface area contributed by atoms with Gasteiger partial charge in [0.25, 0.3) is 5.91 Å². The molecule has 1 N–H and O–H groups in total. The fourth-order valence-corrected chi connectivity index (χ4v) is 7.11. The van der Waals surface area contributed by atoms with Gasteiger partial charge in [-0.05, 0) is 62.8 Å². The van der Waals surface area contributed by atoms with Gasteiger partial charge in [-0.3, -0.25) is 4.79 Å². The Kier molecular flexibility index (Phi) is 7.72. The molecule has 0 unspecified atom stereocenters. The van der Waals surface area contributed by atoms with Crippen LogP contribution in [-0.4, -0.2) is 35.7 Å². The van der Waals surface area contributed by atoms with Crippen LogP contribution in [0.3, 0.4) is 0 Å². The first kappa shape index (κ1) is 28.4. The molecule has 2 aliphatic rings. The summed E-state index contributed by atoms with van der Waals surface area (Å²) < 4.78 is 51.4. The topological polar surface area (TPSA) is 132 Å². The first-order valence-corrected chi connectivity index (χ1v) is 15.5. The van der Waals surface area contributed by atoms with E-state index in [1.807, 2.05) is 0 Å². The number of amides is 1.